The molecule has 0 aliphatic heterocycles. The fourth-order valence-corrected chi connectivity index (χ4v) is 2.14. The molecule has 1 nitrogen and oxygen atoms in total. The zero-order valence-corrected chi connectivity index (χ0v) is 13.6. The maximum Gasteiger partial charge on any atom is 0.573 e. The number of allylic oxidation sites excluding steroid dienone is 1. The average Bonchev–Trinajstić information content (AvgIpc) is 2.54. The van der Waals surface area contributed by atoms with Crippen LogP contribution >= 0.6 is 0 Å². The van der Waals surface area contributed by atoms with Crippen LogP contribution in [0.3, 0.4) is 0 Å². The molecule has 27 heavy (non-hydrogen) atoms. The van der Waals surface area contributed by atoms with E-state index in [-0.39, 0.29) is 0 Å². The average molecular weight is 388 g/mol. The summed E-state index contributed by atoms with van der Waals surface area (Å²) >= 11 is 0. The molecule has 2 rings (SSSR count). The maximum atomic E-state index is 14.0. The van der Waals surface area contributed by atoms with Gasteiger partial charge in [0.1, 0.15) is 11.6 Å². The van der Waals surface area contributed by atoms with Gasteiger partial charge in [-0.25, -0.2) is 17.6 Å². The predicted octanol–water partition coefficient (Wildman–Crippen LogP) is 5.66. The first kappa shape index (κ1) is 20.4. The summed E-state index contributed by atoms with van der Waals surface area (Å²) in [6, 6.07) is 3.06. The summed E-state index contributed by atoms with van der Waals surface area (Å²) in [5.41, 5.74) is -0.677. The van der Waals surface area contributed by atoms with E-state index in [1.54, 1.807) is 6.08 Å². The number of benzene rings is 2. The van der Waals surface area contributed by atoms with Crippen LogP contribution in [0.2, 0.25) is 0 Å². The second kappa shape index (κ2) is 8.16. The zero-order chi connectivity index (χ0) is 20.2. The van der Waals surface area contributed by atoms with Gasteiger partial charge < -0.3 is 4.74 Å². The fourth-order valence-electron chi connectivity index (χ4n) is 2.14. The molecule has 2 aromatic rings. The third kappa shape index (κ3) is 5.51. The summed E-state index contributed by atoms with van der Waals surface area (Å²) in [6.45, 7) is 3.50. The molecule has 0 amide bonds. The molecule has 0 atom stereocenters. The minimum atomic E-state index is -5.28. The van der Waals surface area contributed by atoms with Crippen molar-refractivity contribution >= 4 is 0 Å². The molecule has 0 N–H and O–H groups in total. The lowest BCUT2D eigenvalue weighted by atomic mass is 10.1. The topological polar surface area (TPSA) is 9.23 Å². The predicted molar refractivity (Wildman–Crippen MR) is 83.9 cm³/mol. The summed E-state index contributed by atoms with van der Waals surface area (Å²) in [7, 11) is 0. The highest BCUT2D eigenvalue weighted by Gasteiger charge is 2.34. The van der Waals surface area contributed by atoms with Crippen molar-refractivity contribution in [2.75, 3.05) is 0 Å². The van der Waals surface area contributed by atoms with Gasteiger partial charge in [-0.05, 0) is 42.7 Å². The number of halogens is 7. The van der Waals surface area contributed by atoms with Gasteiger partial charge in [0.25, 0.3) is 0 Å². The van der Waals surface area contributed by atoms with Gasteiger partial charge in [-0.3, -0.25) is 0 Å². The van der Waals surface area contributed by atoms with Gasteiger partial charge in [0.2, 0.25) is 5.75 Å². The van der Waals surface area contributed by atoms with Crippen molar-refractivity contribution in [1.29, 1.82) is 0 Å². The van der Waals surface area contributed by atoms with Crippen LogP contribution in [0.5, 0.6) is 5.75 Å². The summed E-state index contributed by atoms with van der Waals surface area (Å²) in [5, 5.41) is 0. The molecular formula is C19H11F7O. The molecule has 0 aromatic heterocycles. The van der Waals surface area contributed by atoms with Gasteiger partial charge in [0.05, 0.1) is 5.56 Å². The van der Waals surface area contributed by atoms with Crippen LogP contribution in [0.15, 0.2) is 36.9 Å². The first-order valence-corrected chi connectivity index (χ1v) is 7.46. The Bertz CT molecular complexity index is 874. The summed E-state index contributed by atoms with van der Waals surface area (Å²) in [4.78, 5) is 0. The highest BCUT2D eigenvalue weighted by Crippen LogP contribution is 2.29. The Morgan fingerprint density at radius 2 is 1.44 bits per heavy atom. The molecule has 8 heteroatoms. The second-order valence-corrected chi connectivity index (χ2v) is 5.33. The lowest BCUT2D eigenvalue weighted by molar-refractivity contribution is -0.276. The Morgan fingerprint density at radius 1 is 0.889 bits per heavy atom. The third-order valence-corrected chi connectivity index (χ3v) is 3.29. The summed E-state index contributed by atoms with van der Waals surface area (Å²) < 4.78 is 94.7. The van der Waals surface area contributed by atoms with Crippen molar-refractivity contribution in [2.24, 2.45) is 0 Å². The van der Waals surface area contributed by atoms with E-state index in [0.717, 1.165) is 12.1 Å². The van der Waals surface area contributed by atoms with Crippen LogP contribution < -0.4 is 4.74 Å². The van der Waals surface area contributed by atoms with Crippen molar-refractivity contribution in [1.82, 2.24) is 0 Å². The van der Waals surface area contributed by atoms with E-state index in [4.69, 9.17) is 0 Å². The molecule has 0 aliphatic carbocycles. The Hall–Kier alpha value is -2.95. The van der Waals surface area contributed by atoms with E-state index < -0.39 is 46.5 Å². The molecule has 0 spiro atoms. The molecule has 0 heterocycles. The largest absolute Gasteiger partial charge is 0.573 e. The van der Waals surface area contributed by atoms with Gasteiger partial charge >= 0.3 is 6.36 Å². The summed E-state index contributed by atoms with van der Waals surface area (Å²) in [5.74, 6) is -2.70. The van der Waals surface area contributed by atoms with Crippen LogP contribution in [-0.4, -0.2) is 6.36 Å². The van der Waals surface area contributed by atoms with E-state index in [2.05, 4.69) is 23.2 Å². The molecule has 0 bridgehead atoms. The van der Waals surface area contributed by atoms with E-state index in [1.165, 1.54) is 0 Å². The third-order valence-electron chi connectivity index (χ3n) is 3.29. The molecule has 0 fully saturated rings. The minimum Gasteiger partial charge on any atom is -0.399 e. The van der Waals surface area contributed by atoms with E-state index in [1.807, 2.05) is 0 Å². The second-order valence-electron chi connectivity index (χ2n) is 5.33. The molecule has 0 aliphatic rings. The number of hydrogen-bond donors (Lipinski definition) is 0. The highest BCUT2D eigenvalue weighted by molar-refractivity contribution is 5.47. The van der Waals surface area contributed by atoms with Gasteiger partial charge in [-0.15, -0.1) is 19.8 Å². The number of alkyl halides is 3. The number of hydrogen-bond acceptors (Lipinski definition) is 1. The fraction of sp³-hybridized carbons (Fsp3) is 0.158. The van der Waals surface area contributed by atoms with E-state index in [0.29, 0.717) is 30.5 Å². The van der Waals surface area contributed by atoms with E-state index in [9.17, 15) is 30.7 Å². The Balaban J connectivity index is 2.34. The van der Waals surface area contributed by atoms with Gasteiger partial charge in [-0.2, -0.15) is 0 Å². The molecule has 0 unspecified atom stereocenters. The number of rotatable bonds is 4. The lowest BCUT2D eigenvalue weighted by Gasteiger charge is -2.10. The van der Waals surface area contributed by atoms with Gasteiger partial charge in [0.15, 0.2) is 11.6 Å². The first-order chi connectivity index (χ1) is 12.6. The van der Waals surface area contributed by atoms with Crippen molar-refractivity contribution in [3.8, 4) is 17.6 Å². The summed E-state index contributed by atoms with van der Waals surface area (Å²) in [6.07, 6.45) is -2.83. The first-order valence-electron chi connectivity index (χ1n) is 7.46. The van der Waals surface area contributed by atoms with Crippen LogP contribution in [0, 0.1) is 35.1 Å². The molecular weight excluding hydrogens is 377 g/mol. The lowest BCUT2D eigenvalue weighted by Crippen LogP contribution is -2.19. The normalized spacial score (nSPS) is 10.9. The molecule has 0 saturated heterocycles. The Morgan fingerprint density at radius 3 is 1.93 bits per heavy atom. The molecule has 2 aromatic carbocycles. The van der Waals surface area contributed by atoms with Crippen molar-refractivity contribution in [2.45, 2.75) is 19.2 Å². The Kier molecular flexibility index (Phi) is 6.16. The quantitative estimate of drug-likeness (QED) is 0.373. The van der Waals surface area contributed by atoms with Crippen molar-refractivity contribution in [3.63, 3.8) is 0 Å². The van der Waals surface area contributed by atoms with Crippen LogP contribution in [0.25, 0.3) is 0 Å². The highest BCUT2D eigenvalue weighted by atomic mass is 19.4. The number of ether oxygens (including phenoxy) is 1. The Labute approximate surface area is 150 Å². The molecule has 0 radical (unpaired) electrons. The zero-order valence-electron chi connectivity index (χ0n) is 13.6. The smallest absolute Gasteiger partial charge is 0.399 e. The number of aryl methyl sites for hydroxylation is 1. The van der Waals surface area contributed by atoms with Gasteiger partial charge in [-0.1, -0.05) is 17.9 Å². The monoisotopic (exact) mass is 388 g/mol. The van der Waals surface area contributed by atoms with Crippen molar-refractivity contribution in [3.05, 3.63) is 76.9 Å². The minimum absolute atomic E-state index is 0.363. The molecule has 0 saturated carbocycles. The molecule has 142 valence electrons. The van der Waals surface area contributed by atoms with Crippen LogP contribution in [0.1, 0.15) is 23.1 Å². The standard InChI is InChI=1S/C19H11F7O/c1-2-3-4-11-7-14(20)13(15(21)8-11)6-5-12-9-16(22)18(17(23)10-12)27-19(24,25)26/h2,7-10H,1,3-4H2. The van der Waals surface area contributed by atoms with Crippen LogP contribution in [0.4, 0.5) is 30.7 Å². The van der Waals surface area contributed by atoms with E-state index >= 15 is 0 Å². The maximum absolute atomic E-state index is 14.0. The van der Waals surface area contributed by atoms with Crippen LogP contribution in [-0.2, 0) is 6.42 Å². The van der Waals surface area contributed by atoms with Crippen molar-refractivity contribution < 1.29 is 35.5 Å². The van der Waals surface area contributed by atoms with Gasteiger partial charge in [0, 0.05) is 5.56 Å². The SMILES string of the molecule is C=CCCc1cc(F)c(C#Cc2cc(F)c(OC(F)(F)F)c(F)c2)c(F)c1.